The van der Waals surface area contributed by atoms with E-state index in [2.05, 4.69) is 14.8 Å². The van der Waals surface area contributed by atoms with Crippen molar-refractivity contribution in [3.8, 4) is 11.3 Å². The van der Waals surface area contributed by atoms with E-state index in [1.165, 1.54) is 12.3 Å². The topological polar surface area (TPSA) is 89.6 Å². The van der Waals surface area contributed by atoms with E-state index in [0.29, 0.717) is 56.9 Å². The molecule has 31 heavy (non-hydrogen) atoms. The second kappa shape index (κ2) is 8.51. The Morgan fingerprint density at radius 1 is 1.13 bits per heavy atom. The van der Waals surface area contributed by atoms with Gasteiger partial charge < -0.3 is 25.0 Å². The smallest absolute Gasteiger partial charge is 0.264 e. The number of morpholine rings is 2. The molecule has 0 aromatic carbocycles. The van der Waals surface area contributed by atoms with E-state index >= 15 is 0 Å². The summed E-state index contributed by atoms with van der Waals surface area (Å²) in [4.78, 5) is 17.9. The van der Waals surface area contributed by atoms with Crippen LogP contribution >= 0.6 is 0 Å². The molecule has 4 aliphatic rings. The largest absolute Gasteiger partial charge is 0.384 e. The molecule has 2 N–H and O–H groups in total. The van der Waals surface area contributed by atoms with E-state index in [9.17, 15) is 8.78 Å². The number of hydrogen-bond donors (Lipinski definition) is 1. The summed E-state index contributed by atoms with van der Waals surface area (Å²) >= 11 is 0. The van der Waals surface area contributed by atoms with Gasteiger partial charge in [-0.3, -0.25) is 0 Å². The van der Waals surface area contributed by atoms with E-state index in [4.69, 9.17) is 25.2 Å². The standard InChI is InChI=1S/C21H26F2N6O2/c22-20(23)15-8-18(24)25-10-16(15)17-9-19(28-4-6-30-7-5-28)27-21(26-17)29-11-14-3-1-2-13(29)12-31-14/h8-10,13-14,20H,1-7,11-12H2,(H2,24,25). The molecule has 2 aromatic rings. The van der Waals surface area contributed by atoms with Crippen molar-refractivity contribution >= 4 is 17.6 Å². The summed E-state index contributed by atoms with van der Waals surface area (Å²) in [6.45, 7) is 3.92. The minimum absolute atomic E-state index is 0.0590. The van der Waals surface area contributed by atoms with Gasteiger partial charge in [0.1, 0.15) is 11.6 Å². The number of aromatic nitrogens is 3. The highest BCUT2D eigenvalue weighted by atomic mass is 19.3. The number of anilines is 3. The summed E-state index contributed by atoms with van der Waals surface area (Å²) in [6, 6.07) is 3.17. The lowest BCUT2D eigenvalue weighted by Gasteiger charge is -2.37. The molecule has 10 heteroatoms. The Morgan fingerprint density at radius 3 is 2.77 bits per heavy atom. The van der Waals surface area contributed by atoms with Crippen LogP contribution < -0.4 is 15.5 Å². The molecule has 0 saturated carbocycles. The van der Waals surface area contributed by atoms with Gasteiger partial charge in [0, 0.05) is 43.0 Å². The Balaban J connectivity index is 1.60. The Morgan fingerprint density at radius 2 is 1.97 bits per heavy atom. The van der Waals surface area contributed by atoms with Crippen LogP contribution in [-0.2, 0) is 9.47 Å². The Hall–Kier alpha value is -2.59. The van der Waals surface area contributed by atoms with E-state index in [-0.39, 0.29) is 29.1 Å². The summed E-state index contributed by atoms with van der Waals surface area (Å²) in [5.41, 5.74) is 6.20. The SMILES string of the molecule is Nc1cc(C(F)F)c(-c2cc(N3CCOCC3)nc(N3CC4CCCC3CO4)n2)cn1. The Kier molecular flexibility index (Phi) is 5.58. The fourth-order valence-electron chi connectivity index (χ4n) is 4.52. The van der Waals surface area contributed by atoms with Gasteiger partial charge in [0.15, 0.2) is 0 Å². The zero-order valence-corrected chi connectivity index (χ0v) is 17.2. The van der Waals surface area contributed by atoms with Crippen LogP contribution in [0, 0.1) is 0 Å². The molecule has 2 aromatic heterocycles. The number of pyridine rings is 1. The number of nitrogen functional groups attached to an aromatic ring is 1. The number of nitrogens with two attached hydrogens (primary N) is 1. The van der Waals surface area contributed by atoms with Crippen LogP contribution in [0.2, 0.25) is 0 Å². The molecule has 8 nitrogen and oxygen atoms in total. The van der Waals surface area contributed by atoms with Gasteiger partial charge in [-0.05, 0) is 25.3 Å². The first kappa shape index (κ1) is 20.3. The number of rotatable bonds is 4. The maximum Gasteiger partial charge on any atom is 0.264 e. The zero-order valence-electron chi connectivity index (χ0n) is 17.2. The van der Waals surface area contributed by atoms with Crippen molar-refractivity contribution in [2.24, 2.45) is 0 Å². The maximum absolute atomic E-state index is 13.8. The van der Waals surface area contributed by atoms with Crippen LogP contribution in [0.1, 0.15) is 31.3 Å². The Labute approximate surface area is 179 Å². The summed E-state index contributed by atoms with van der Waals surface area (Å²) in [5.74, 6) is 1.32. The molecule has 2 atom stereocenters. The van der Waals surface area contributed by atoms with Crippen molar-refractivity contribution in [2.75, 3.05) is 55.0 Å². The molecule has 4 fully saturated rings. The molecule has 4 saturated heterocycles. The van der Waals surface area contributed by atoms with Gasteiger partial charge in [-0.1, -0.05) is 0 Å². The quantitative estimate of drug-likeness (QED) is 0.789. The lowest BCUT2D eigenvalue weighted by Crippen LogP contribution is -2.48. The number of hydrogen-bond acceptors (Lipinski definition) is 8. The van der Waals surface area contributed by atoms with Crippen molar-refractivity contribution in [3.05, 3.63) is 23.9 Å². The summed E-state index contributed by atoms with van der Waals surface area (Å²) < 4.78 is 39.0. The summed E-state index contributed by atoms with van der Waals surface area (Å²) in [6.07, 6.45) is 1.95. The van der Waals surface area contributed by atoms with Crippen molar-refractivity contribution in [2.45, 2.75) is 37.8 Å². The molecule has 6 heterocycles. The van der Waals surface area contributed by atoms with Crippen molar-refractivity contribution in [3.63, 3.8) is 0 Å². The Bertz CT molecular complexity index is 936. The summed E-state index contributed by atoms with van der Waals surface area (Å²) in [7, 11) is 0. The molecule has 0 amide bonds. The molecule has 0 radical (unpaired) electrons. The second-order valence-electron chi connectivity index (χ2n) is 8.20. The molecule has 4 aliphatic heterocycles. The molecule has 166 valence electrons. The van der Waals surface area contributed by atoms with Crippen molar-refractivity contribution in [1.29, 1.82) is 0 Å². The van der Waals surface area contributed by atoms with Crippen LogP contribution in [0.4, 0.5) is 26.4 Å². The maximum atomic E-state index is 13.8. The van der Waals surface area contributed by atoms with E-state index in [1.807, 2.05) is 0 Å². The van der Waals surface area contributed by atoms with Crippen LogP contribution in [0.15, 0.2) is 18.3 Å². The van der Waals surface area contributed by atoms with E-state index in [0.717, 1.165) is 19.3 Å². The number of fused-ring (bicyclic) bond motifs is 4. The normalized spacial score (nSPS) is 24.0. The first-order valence-corrected chi connectivity index (χ1v) is 10.7. The highest BCUT2D eigenvalue weighted by molar-refractivity contribution is 5.69. The van der Waals surface area contributed by atoms with Crippen LogP contribution in [0.25, 0.3) is 11.3 Å². The van der Waals surface area contributed by atoms with Gasteiger partial charge in [0.2, 0.25) is 5.95 Å². The minimum atomic E-state index is -2.69. The predicted octanol–water partition coefficient (Wildman–Crippen LogP) is 2.65. The molecule has 2 unspecified atom stereocenters. The molecule has 0 spiro atoms. The first-order chi connectivity index (χ1) is 15.1. The van der Waals surface area contributed by atoms with Crippen molar-refractivity contribution < 1.29 is 18.3 Å². The second-order valence-corrected chi connectivity index (χ2v) is 8.20. The number of alkyl halides is 2. The summed E-state index contributed by atoms with van der Waals surface area (Å²) in [5, 5.41) is 0. The number of halogens is 2. The number of nitrogens with zero attached hydrogens (tertiary/aromatic N) is 5. The average Bonchev–Trinajstić information content (AvgIpc) is 3.15. The highest BCUT2D eigenvalue weighted by Gasteiger charge is 2.34. The third-order valence-electron chi connectivity index (χ3n) is 6.19. The van der Waals surface area contributed by atoms with Gasteiger partial charge in [0.25, 0.3) is 6.43 Å². The monoisotopic (exact) mass is 432 g/mol. The van der Waals surface area contributed by atoms with Crippen molar-refractivity contribution in [1.82, 2.24) is 15.0 Å². The highest BCUT2D eigenvalue weighted by Crippen LogP contribution is 2.35. The lowest BCUT2D eigenvalue weighted by atomic mass is 10.1. The molecular formula is C21H26F2N6O2. The van der Waals surface area contributed by atoms with E-state index < -0.39 is 6.43 Å². The molecule has 0 aliphatic carbocycles. The van der Waals surface area contributed by atoms with Crippen LogP contribution in [0.5, 0.6) is 0 Å². The fraction of sp³-hybridized carbons (Fsp3) is 0.571. The minimum Gasteiger partial charge on any atom is -0.384 e. The van der Waals surface area contributed by atoms with Gasteiger partial charge in [-0.25, -0.2) is 18.7 Å². The first-order valence-electron chi connectivity index (χ1n) is 10.7. The fourth-order valence-corrected chi connectivity index (χ4v) is 4.52. The zero-order chi connectivity index (χ0) is 21.4. The molecule has 6 rings (SSSR count). The van der Waals surface area contributed by atoms with E-state index in [1.54, 1.807) is 6.07 Å². The molecular weight excluding hydrogens is 406 g/mol. The van der Waals surface area contributed by atoms with Gasteiger partial charge in [-0.2, -0.15) is 4.98 Å². The predicted molar refractivity (Wildman–Crippen MR) is 112 cm³/mol. The van der Waals surface area contributed by atoms with Gasteiger partial charge in [0.05, 0.1) is 37.7 Å². The molecule has 2 bridgehead atoms. The van der Waals surface area contributed by atoms with Gasteiger partial charge in [-0.15, -0.1) is 0 Å². The lowest BCUT2D eigenvalue weighted by molar-refractivity contribution is 0.0301. The third-order valence-corrected chi connectivity index (χ3v) is 6.19. The average molecular weight is 432 g/mol. The number of ether oxygens (including phenoxy) is 2. The van der Waals surface area contributed by atoms with Crippen LogP contribution in [-0.4, -0.2) is 66.6 Å². The van der Waals surface area contributed by atoms with Gasteiger partial charge >= 0.3 is 0 Å². The third kappa shape index (κ3) is 4.14. The van der Waals surface area contributed by atoms with Crippen LogP contribution in [0.3, 0.4) is 0 Å².